The zero-order valence-corrected chi connectivity index (χ0v) is 51.9. The summed E-state index contributed by atoms with van der Waals surface area (Å²) in [5.41, 5.74) is -2.59. The Labute approximate surface area is 499 Å². The number of fused-ring (bicyclic) bond motifs is 7. The Balaban J connectivity index is 1.12. The Hall–Kier alpha value is -2.85. The highest BCUT2D eigenvalue weighted by Crippen LogP contribution is 2.76. The van der Waals surface area contributed by atoms with Crippen LogP contribution in [0.5, 0.6) is 0 Å². The summed E-state index contributed by atoms with van der Waals surface area (Å²) in [7, 11) is 1.07. The van der Waals surface area contributed by atoms with E-state index in [0.717, 1.165) is 30.2 Å². The van der Waals surface area contributed by atoms with Gasteiger partial charge in [-0.2, -0.15) is 0 Å². The molecule has 1 unspecified atom stereocenters. The summed E-state index contributed by atoms with van der Waals surface area (Å²) >= 11 is 0. The second kappa shape index (κ2) is 25.4. The largest absolute Gasteiger partial charge is 0.467 e. The predicted molar refractivity (Wildman–Crippen MR) is 303 cm³/mol. The zero-order valence-electron chi connectivity index (χ0n) is 51.9. The zero-order chi connectivity index (χ0) is 63.0. The molecule has 484 valence electrons. The molecule has 8 rings (SSSR count). The number of esters is 2. The number of hydrogen-bond donors (Lipinski definition) is 11. The molecule has 85 heavy (non-hydrogen) atoms. The minimum absolute atomic E-state index is 0.109. The molecule has 8 aliphatic rings. The maximum Gasteiger partial charge on any atom is 0.337 e. The second-order valence-corrected chi connectivity index (χ2v) is 28.5. The van der Waals surface area contributed by atoms with Crippen LogP contribution in [0.1, 0.15) is 141 Å². The lowest BCUT2D eigenvalue weighted by molar-refractivity contribution is -0.383. The van der Waals surface area contributed by atoms with E-state index in [0.29, 0.717) is 51.4 Å². The molecule has 3 heterocycles. The maximum atomic E-state index is 15.1. The minimum atomic E-state index is -1.98. The van der Waals surface area contributed by atoms with Gasteiger partial charge >= 0.3 is 11.9 Å². The highest BCUT2D eigenvalue weighted by molar-refractivity contribution is 5.87. The SMILES string of the molecule is CCC(C)C(=O)[C@H]1[C@H](OC(=O)/C=C(/C)CCC=C(C)C)C(C)(C)C[C@H]2C3=CC[C@@H]4[C@@]5(C)CC[C@H](O[C@@H]6O[C@H](C(=O)OC)[C@@H](O[C@@H]7O[C@@H](CO)[C@H](O)[C@H]7O)[C@H](O)[C@H]6O[C@@H]6O[C@H](CO)[C@@H](O)[C@H](O)[C@H]6O)C(C)(C)[C@@H]5CC[C@@]4(C)[C@]3(C)[C@@H](O)[C@@H](O)[C@]21CO. The van der Waals surface area contributed by atoms with E-state index >= 15 is 4.79 Å². The number of carbonyl (C=O) groups excluding carboxylic acids is 3. The maximum absolute atomic E-state index is 15.1. The molecule has 0 aromatic heterocycles. The first kappa shape index (κ1) is 68.1. The molecule has 3 saturated heterocycles. The van der Waals surface area contributed by atoms with Gasteiger partial charge in [-0.3, -0.25) is 4.79 Å². The average molecular weight is 1210 g/mol. The first-order chi connectivity index (χ1) is 39.7. The lowest BCUT2D eigenvalue weighted by atomic mass is 9.31. The van der Waals surface area contributed by atoms with E-state index in [-0.39, 0.29) is 17.6 Å². The van der Waals surface area contributed by atoms with E-state index in [1.165, 1.54) is 6.08 Å². The molecule has 0 bridgehead atoms. The standard InChI is InChI=1S/C63H100O22/c1-14-31(5)41(68)40-53(82-39(67)24-30(4)17-15-16-29(2)3)58(6,7)25-33-32-18-19-37-60(10)22-21-38(59(8,9)36(60)20-23-61(37,11)62(32,12)51(75)52(76)63(33,40)28-66)81-57-49(84-56-46(73)44(71)42(69)34(26-64)79-56)47(74)48(50(85-57)54(77)78-13)83-55-45(72)43(70)35(27-65)80-55/h16,18,24,31,33-38,40,42-53,55-57,64-66,69-76H,14-15,17,19-23,25-28H2,1-13H3/b30-24-/t31?,33-,34+,35-,36-,37+,38-,40-,42+,43-,44-,45+,46+,47-,48-,49+,50-,51-,52+,53-,55-,56-,57+,60-,61+,62-,63+/m0/s1. The van der Waals surface area contributed by atoms with E-state index < -0.39 is 192 Å². The number of allylic oxidation sites excluding steroid dienone is 4. The fourth-order valence-electron chi connectivity index (χ4n) is 17.5. The quantitative estimate of drug-likeness (QED) is 0.0406. The van der Waals surface area contributed by atoms with Gasteiger partial charge in [0.15, 0.2) is 25.0 Å². The number of aliphatic hydroxyl groups is 11. The number of aliphatic hydroxyl groups excluding tert-OH is 11. The van der Waals surface area contributed by atoms with Crippen molar-refractivity contribution < 1.29 is 108 Å². The van der Waals surface area contributed by atoms with Crippen LogP contribution in [0.4, 0.5) is 0 Å². The summed E-state index contributed by atoms with van der Waals surface area (Å²) in [6, 6.07) is 0. The molecule has 22 nitrogen and oxygen atoms in total. The number of methoxy groups -OCH3 is 1. The Kier molecular flexibility index (Phi) is 20.4. The van der Waals surface area contributed by atoms with E-state index in [1.54, 1.807) is 0 Å². The van der Waals surface area contributed by atoms with Crippen LogP contribution in [0.15, 0.2) is 34.9 Å². The smallest absolute Gasteiger partial charge is 0.337 e. The molecule has 0 aromatic carbocycles. The van der Waals surface area contributed by atoms with Crippen molar-refractivity contribution in [2.24, 2.45) is 62.1 Å². The summed E-state index contributed by atoms with van der Waals surface area (Å²) in [6.07, 6.45) is -18.7. The Morgan fingerprint density at radius 3 is 1.91 bits per heavy atom. The van der Waals surface area contributed by atoms with Crippen LogP contribution in [0.2, 0.25) is 0 Å². The van der Waals surface area contributed by atoms with Crippen LogP contribution in [0, 0.1) is 62.1 Å². The molecular weight excluding hydrogens is 1110 g/mol. The molecule has 5 aliphatic carbocycles. The third-order valence-corrected chi connectivity index (χ3v) is 22.8. The molecule has 7 fully saturated rings. The lowest BCUT2D eigenvalue weighted by Gasteiger charge is -2.73. The fourth-order valence-corrected chi connectivity index (χ4v) is 17.5. The van der Waals surface area contributed by atoms with Crippen molar-refractivity contribution in [3.8, 4) is 0 Å². The molecule has 0 amide bonds. The van der Waals surface area contributed by atoms with Crippen molar-refractivity contribution in [3.63, 3.8) is 0 Å². The van der Waals surface area contributed by atoms with E-state index in [2.05, 4.69) is 39.8 Å². The highest BCUT2D eigenvalue weighted by atomic mass is 16.8. The van der Waals surface area contributed by atoms with Gasteiger partial charge in [-0.1, -0.05) is 91.2 Å². The first-order valence-electron chi connectivity index (χ1n) is 30.8. The summed E-state index contributed by atoms with van der Waals surface area (Å²) in [5.74, 6) is -4.42. The molecule has 22 heteroatoms. The third-order valence-electron chi connectivity index (χ3n) is 22.8. The molecule has 11 N–H and O–H groups in total. The molecule has 0 spiro atoms. The van der Waals surface area contributed by atoms with Crippen LogP contribution in [0.25, 0.3) is 0 Å². The van der Waals surface area contributed by atoms with Crippen LogP contribution >= 0.6 is 0 Å². The normalized spacial score (nSPS) is 47.0. The summed E-state index contributed by atoms with van der Waals surface area (Å²) < 4.78 is 48.3. The third kappa shape index (κ3) is 11.4. The predicted octanol–water partition coefficient (Wildman–Crippen LogP) is 2.43. The van der Waals surface area contributed by atoms with Gasteiger partial charge in [0.1, 0.15) is 72.9 Å². The van der Waals surface area contributed by atoms with E-state index in [4.69, 9.17) is 37.9 Å². The van der Waals surface area contributed by atoms with Gasteiger partial charge in [0.05, 0.1) is 51.2 Å². The molecule has 27 atom stereocenters. The minimum Gasteiger partial charge on any atom is -0.467 e. The van der Waals surface area contributed by atoms with Gasteiger partial charge in [0, 0.05) is 28.2 Å². The Morgan fingerprint density at radius 2 is 1.33 bits per heavy atom. The van der Waals surface area contributed by atoms with E-state index in [1.807, 2.05) is 55.4 Å². The van der Waals surface area contributed by atoms with Gasteiger partial charge in [-0.25, -0.2) is 9.59 Å². The van der Waals surface area contributed by atoms with Crippen LogP contribution < -0.4 is 0 Å². The number of ketones is 1. The molecule has 3 aliphatic heterocycles. The summed E-state index contributed by atoms with van der Waals surface area (Å²) in [6.45, 7) is 22.0. The van der Waals surface area contributed by atoms with Gasteiger partial charge in [0.25, 0.3) is 0 Å². The number of ether oxygens (including phenoxy) is 8. The van der Waals surface area contributed by atoms with Crippen LogP contribution in [-0.2, 0) is 52.3 Å². The molecule has 4 saturated carbocycles. The van der Waals surface area contributed by atoms with Crippen molar-refractivity contribution in [1.82, 2.24) is 0 Å². The van der Waals surface area contributed by atoms with Crippen molar-refractivity contribution in [3.05, 3.63) is 34.9 Å². The van der Waals surface area contributed by atoms with Gasteiger partial charge in [-0.15, -0.1) is 0 Å². The molecular formula is C63H100O22. The second-order valence-electron chi connectivity index (χ2n) is 28.5. The lowest BCUT2D eigenvalue weighted by Crippen LogP contribution is -2.75. The first-order valence-corrected chi connectivity index (χ1v) is 30.8. The molecule has 0 aromatic rings. The van der Waals surface area contributed by atoms with Gasteiger partial charge in [-0.05, 0) is 113 Å². The number of rotatable bonds is 18. The average Bonchev–Trinajstić information content (AvgIpc) is 0.914. The fraction of sp³-hybridized carbons (Fsp3) is 0.857. The Morgan fingerprint density at radius 1 is 0.729 bits per heavy atom. The van der Waals surface area contributed by atoms with Crippen LogP contribution in [0.3, 0.4) is 0 Å². The number of Topliss-reactive ketones (excluding diaryl/α,β-unsaturated/α-hetero) is 1. The van der Waals surface area contributed by atoms with Crippen molar-refractivity contribution in [2.45, 2.75) is 251 Å². The van der Waals surface area contributed by atoms with Gasteiger partial charge in [0.2, 0.25) is 0 Å². The monoisotopic (exact) mass is 1210 g/mol. The number of carbonyl (C=O) groups is 3. The van der Waals surface area contributed by atoms with Gasteiger partial charge < -0.3 is 94.1 Å². The van der Waals surface area contributed by atoms with Crippen LogP contribution in [-0.4, -0.2) is 211 Å². The van der Waals surface area contributed by atoms with Crippen molar-refractivity contribution in [2.75, 3.05) is 26.9 Å². The summed E-state index contributed by atoms with van der Waals surface area (Å²) in [4.78, 5) is 42.8. The topological polar surface area (TPSA) is 348 Å². The Bertz CT molecular complexity index is 2490. The van der Waals surface area contributed by atoms with Crippen molar-refractivity contribution in [1.29, 1.82) is 0 Å². The van der Waals surface area contributed by atoms with Crippen molar-refractivity contribution >= 4 is 17.7 Å². The highest BCUT2D eigenvalue weighted by Gasteiger charge is 2.76. The van der Waals surface area contributed by atoms with E-state index in [9.17, 15) is 65.8 Å². The number of hydrogen-bond acceptors (Lipinski definition) is 22. The summed E-state index contributed by atoms with van der Waals surface area (Å²) in [5, 5.41) is 125. The molecule has 0 radical (unpaired) electrons.